The lowest BCUT2D eigenvalue weighted by molar-refractivity contribution is -0.159. The summed E-state index contributed by atoms with van der Waals surface area (Å²) in [4.78, 5) is 22.7. The summed E-state index contributed by atoms with van der Waals surface area (Å²) in [6, 6.07) is 0. The molecule has 1 atom stereocenters. The highest BCUT2D eigenvalue weighted by Gasteiger charge is 2.31. The number of hydrogen-bond acceptors (Lipinski definition) is 4. The monoisotopic (exact) mass is 226 g/mol. The van der Waals surface area contributed by atoms with Crippen LogP contribution in [0.25, 0.3) is 0 Å². The second-order valence-corrected chi connectivity index (χ2v) is 5.05. The third-order valence-corrected chi connectivity index (χ3v) is 2.61. The summed E-state index contributed by atoms with van der Waals surface area (Å²) >= 11 is 0. The van der Waals surface area contributed by atoms with Gasteiger partial charge in [0.2, 0.25) is 0 Å². The van der Waals surface area contributed by atoms with E-state index in [1.165, 1.54) is 0 Å². The van der Waals surface area contributed by atoms with Gasteiger partial charge in [0.1, 0.15) is 6.61 Å². The van der Waals surface area contributed by atoms with Gasteiger partial charge in [-0.15, -0.1) is 0 Å². The van der Waals surface area contributed by atoms with E-state index in [4.69, 9.17) is 9.47 Å². The average Bonchev–Trinajstić information content (AvgIpc) is 2.41. The third-order valence-electron chi connectivity index (χ3n) is 2.61. The molecule has 1 rings (SSSR count). The molecule has 1 aliphatic heterocycles. The summed E-state index contributed by atoms with van der Waals surface area (Å²) in [6.45, 7) is 8.97. The minimum absolute atomic E-state index is 0.102. The minimum atomic E-state index is -0.532. The van der Waals surface area contributed by atoms with Gasteiger partial charge in [-0.2, -0.15) is 0 Å². The van der Waals surface area contributed by atoms with Crippen LogP contribution in [0.2, 0.25) is 0 Å². The van der Waals surface area contributed by atoms with Crippen molar-refractivity contribution in [3.63, 3.8) is 0 Å². The van der Waals surface area contributed by atoms with Crippen molar-refractivity contribution in [1.29, 1.82) is 0 Å². The molecule has 0 unspecified atom stereocenters. The zero-order valence-corrected chi connectivity index (χ0v) is 10.4. The minimum Gasteiger partial charge on any atom is -0.461 e. The molecule has 0 fully saturated rings. The van der Waals surface area contributed by atoms with Crippen LogP contribution in [0.15, 0.2) is 11.1 Å². The fraction of sp³-hybridized carbons (Fsp3) is 0.667. The fourth-order valence-corrected chi connectivity index (χ4v) is 1.24. The van der Waals surface area contributed by atoms with Crippen molar-refractivity contribution in [1.82, 2.24) is 0 Å². The number of esters is 2. The zero-order valence-electron chi connectivity index (χ0n) is 10.4. The molecule has 1 heterocycles. The Morgan fingerprint density at radius 1 is 1.38 bits per heavy atom. The molecule has 0 saturated heterocycles. The average molecular weight is 226 g/mol. The van der Waals surface area contributed by atoms with Crippen LogP contribution in [0.1, 0.15) is 34.6 Å². The molecular formula is C12H18O4. The molecule has 16 heavy (non-hydrogen) atoms. The summed E-state index contributed by atoms with van der Waals surface area (Å²) in [7, 11) is 0. The van der Waals surface area contributed by atoms with Crippen LogP contribution in [-0.4, -0.2) is 24.6 Å². The first-order valence-electron chi connectivity index (χ1n) is 5.29. The molecule has 0 aliphatic carbocycles. The zero-order chi connectivity index (χ0) is 12.5. The Hall–Kier alpha value is -1.32. The molecule has 1 aliphatic rings. The highest BCUT2D eigenvalue weighted by atomic mass is 16.6. The van der Waals surface area contributed by atoms with Crippen molar-refractivity contribution < 1.29 is 19.1 Å². The smallest absolute Gasteiger partial charge is 0.334 e. The third kappa shape index (κ3) is 2.62. The standard InChI is InChI=1S/C12H18O4/c1-7-8(2)10(13)16-9(7)6-15-11(14)12(3,4)5/h9H,6H2,1-5H3/t9-/m1/s1. The number of cyclic esters (lactones) is 1. The van der Waals surface area contributed by atoms with E-state index in [1.54, 1.807) is 27.7 Å². The Bertz CT molecular complexity index is 347. The summed E-state index contributed by atoms with van der Waals surface area (Å²) in [5.41, 5.74) is 0.915. The van der Waals surface area contributed by atoms with Gasteiger partial charge >= 0.3 is 11.9 Å². The molecule has 0 radical (unpaired) electrons. The fourth-order valence-electron chi connectivity index (χ4n) is 1.24. The van der Waals surface area contributed by atoms with Crippen LogP contribution in [0, 0.1) is 5.41 Å². The van der Waals surface area contributed by atoms with Crippen molar-refractivity contribution >= 4 is 11.9 Å². The van der Waals surface area contributed by atoms with Gasteiger partial charge in [0, 0.05) is 5.57 Å². The van der Waals surface area contributed by atoms with Gasteiger partial charge in [0.15, 0.2) is 6.10 Å². The summed E-state index contributed by atoms with van der Waals surface area (Å²) in [6.07, 6.45) is -0.418. The van der Waals surface area contributed by atoms with Crippen LogP contribution in [0.4, 0.5) is 0 Å². The van der Waals surface area contributed by atoms with E-state index < -0.39 is 11.5 Å². The van der Waals surface area contributed by atoms with Crippen LogP contribution in [0.5, 0.6) is 0 Å². The SMILES string of the molecule is CC1=C(C)[C@@H](COC(=O)C(C)(C)C)OC1=O. The molecule has 0 spiro atoms. The molecule has 0 aromatic carbocycles. The number of carbonyl (C=O) groups is 2. The quantitative estimate of drug-likeness (QED) is 0.674. The van der Waals surface area contributed by atoms with Gasteiger partial charge in [-0.05, 0) is 40.2 Å². The van der Waals surface area contributed by atoms with Gasteiger partial charge < -0.3 is 9.47 Å². The van der Waals surface area contributed by atoms with Gasteiger partial charge in [-0.3, -0.25) is 4.79 Å². The largest absolute Gasteiger partial charge is 0.461 e. The Kier molecular flexibility index (Phi) is 3.41. The maximum Gasteiger partial charge on any atom is 0.334 e. The van der Waals surface area contributed by atoms with E-state index in [0.717, 1.165) is 5.57 Å². The Morgan fingerprint density at radius 2 is 1.94 bits per heavy atom. The van der Waals surface area contributed by atoms with Crippen molar-refractivity contribution in [3.05, 3.63) is 11.1 Å². The van der Waals surface area contributed by atoms with Crippen LogP contribution in [0.3, 0.4) is 0 Å². The molecule has 0 aromatic heterocycles. The first-order chi connectivity index (χ1) is 7.23. The van der Waals surface area contributed by atoms with Crippen molar-refractivity contribution in [3.8, 4) is 0 Å². The molecule has 0 amide bonds. The molecule has 4 heteroatoms. The first kappa shape index (κ1) is 12.7. The second kappa shape index (κ2) is 4.28. The second-order valence-electron chi connectivity index (χ2n) is 5.05. The lowest BCUT2D eigenvalue weighted by Crippen LogP contribution is -2.28. The molecule has 0 N–H and O–H groups in total. The topological polar surface area (TPSA) is 52.6 Å². The van der Waals surface area contributed by atoms with Gasteiger partial charge in [0.25, 0.3) is 0 Å². The maximum atomic E-state index is 11.5. The molecule has 0 saturated carbocycles. The lowest BCUT2D eigenvalue weighted by Gasteiger charge is -2.18. The molecular weight excluding hydrogens is 208 g/mol. The summed E-state index contributed by atoms with van der Waals surface area (Å²) < 4.78 is 10.2. The molecule has 0 bridgehead atoms. The van der Waals surface area contributed by atoms with Gasteiger partial charge in [-0.25, -0.2) is 4.79 Å². The number of rotatable bonds is 2. The number of hydrogen-bond donors (Lipinski definition) is 0. The van der Waals surface area contributed by atoms with E-state index >= 15 is 0 Å². The molecule has 0 aromatic rings. The Balaban J connectivity index is 2.54. The van der Waals surface area contributed by atoms with E-state index in [-0.39, 0.29) is 18.5 Å². The number of carbonyl (C=O) groups excluding carboxylic acids is 2. The van der Waals surface area contributed by atoms with Crippen LogP contribution >= 0.6 is 0 Å². The van der Waals surface area contributed by atoms with E-state index in [2.05, 4.69) is 0 Å². The Labute approximate surface area is 95.6 Å². The van der Waals surface area contributed by atoms with Crippen molar-refractivity contribution in [2.24, 2.45) is 5.41 Å². The van der Waals surface area contributed by atoms with Crippen molar-refractivity contribution in [2.45, 2.75) is 40.7 Å². The Morgan fingerprint density at radius 3 is 2.31 bits per heavy atom. The predicted molar refractivity (Wildman–Crippen MR) is 58.7 cm³/mol. The molecule has 4 nitrogen and oxygen atoms in total. The first-order valence-corrected chi connectivity index (χ1v) is 5.29. The predicted octanol–water partition coefficient (Wildman–Crippen LogP) is 1.84. The van der Waals surface area contributed by atoms with Gasteiger partial charge in [-0.1, -0.05) is 0 Å². The summed E-state index contributed by atoms with van der Waals surface area (Å²) in [5, 5.41) is 0. The van der Waals surface area contributed by atoms with E-state index in [1.807, 2.05) is 6.92 Å². The number of ether oxygens (including phenoxy) is 2. The van der Waals surface area contributed by atoms with E-state index in [9.17, 15) is 9.59 Å². The molecule has 90 valence electrons. The maximum absolute atomic E-state index is 11.5. The van der Waals surface area contributed by atoms with Crippen LogP contribution in [-0.2, 0) is 19.1 Å². The van der Waals surface area contributed by atoms with Crippen LogP contribution < -0.4 is 0 Å². The van der Waals surface area contributed by atoms with Gasteiger partial charge in [0.05, 0.1) is 5.41 Å². The highest BCUT2D eigenvalue weighted by molar-refractivity contribution is 5.91. The normalized spacial score (nSPS) is 21.1. The summed E-state index contributed by atoms with van der Waals surface area (Å²) in [5.74, 6) is -0.616. The van der Waals surface area contributed by atoms with Crippen molar-refractivity contribution in [2.75, 3.05) is 6.61 Å². The van der Waals surface area contributed by atoms with E-state index in [0.29, 0.717) is 5.57 Å². The lowest BCUT2D eigenvalue weighted by atomic mass is 9.97. The highest BCUT2D eigenvalue weighted by Crippen LogP contribution is 2.23.